The summed E-state index contributed by atoms with van der Waals surface area (Å²) in [5.74, 6) is 0.835. The summed E-state index contributed by atoms with van der Waals surface area (Å²) in [5, 5.41) is 2.89. The zero-order valence-electron chi connectivity index (χ0n) is 11.1. The fourth-order valence-corrected chi connectivity index (χ4v) is 2.38. The highest BCUT2D eigenvalue weighted by atomic mass is 16.2. The van der Waals surface area contributed by atoms with E-state index in [0.29, 0.717) is 18.4 Å². The van der Waals surface area contributed by atoms with E-state index < -0.39 is 5.54 Å². The van der Waals surface area contributed by atoms with Crippen molar-refractivity contribution in [3.05, 3.63) is 0 Å². The van der Waals surface area contributed by atoms with Crippen LogP contribution in [-0.4, -0.2) is 34.8 Å². The maximum atomic E-state index is 12.4. The average molecular weight is 238 g/mol. The minimum atomic E-state index is -0.716. The van der Waals surface area contributed by atoms with Crippen LogP contribution >= 0.6 is 0 Å². The minimum Gasteiger partial charge on any atom is -0.342 e. The molecule has 0 spiro atoms. The van der Waals surface area contributed by atoms with Crippen LogP contribution in [-0.2, 0) is 9.59 Å². The van der Waals surface area contributed by atoms with Gasteiger partial charge in [0.05, 0.1) is 0 Å². The first-order valence-electron chi connectivity index (χ1n) is 6.46. The summed E-state index contributed by atoms with van der Waals surface area (Å²) in [4.78, 5) is 26.3. The van der Waals surface area contributed by atoms with E-state index in [-0.39, 0.29) is 17.9 Å². The molecule has 96 valence electrons. The van der Waals surface area contributed by atoms with Crippen LogP contribution in [0.25, 0.3) is 0 Å². The number of hydrogen-bond acceptors (Lipinski definition) is 2. The first kappa shape index (κ1) is 12.4. The molecule has 4 nitrogen and oxygen atoms in total. The summed E-state index contributed by atoms with van der Waals surface area (Å²) in [6.07, 6.45) is 2.12. The van der Waals surface area contributed by atoms with Crippen LogP contribution in [0.15, 0.2) is 0 Å². The van der Waals surface area contributed by atoms with Gasteiger partial charge in [-0.1, -0.05) is 13.8 Å². The van der Waals surface area contributed by atoms with Gasteiger partial charge in [0, 0.05) is 6.54 Å². The summed E-state index contributed by atoms with van der Waals surface area (Å²) < 4.78 is 0. The van der Waals surface area contributed by atoms with Crippen molar-refractivity contribution in [3.8, 4) is 0 Å². The van der Waals surface area contributed by atoms with E-state index in [1.54, 1.807) is 4.90 Å². The Labute approximate surface area is 103 Å². The number of piperazine rings is 1. The van der Waals surface area contributed by atoms with Gasteiger partial charge < -0.3 is 10.2 Å². The number of carbonyl (C=O) groups is 2. The van der Waals surface area contributed by atoms with Gasteiger partial charge in [-0.05, 0) is 38.5 Å². The number of nitrogens with zero attached hydrogens (tertiary/aromatic N) is 1. The maximum Gasteiger partial charge on any atom is 0.246 e. The molecule has 0 aromatic carbocycles. The molecule has 0 bridgehead atoms. The van der Waals surface area contributed by atoms with Crippen LogP contribution in [0.1, 0.15) is 40.5 Å². The highest BCUT2D eigenvalue weighted by Gasteiger charge is 2.50. The summed E-state index contributed by atoms with van der Waals surface area (Å²) in [6.45, 7) is 8.45. The Hall–Kier alpha value is -1.06. The lowest BCUT2D eigenvalue weighted by Crippen LogP contribution is -2.69. The van der Waals surface area contributed by atoms with E-state index in [9.17, 15) is 9.59 Å². The molecule has 2 fully saturated rings. The zero-order chi connectivity index (χ0) is 12.8. The van der Waals surface area contributed by atoms with Crippen LogP contribution in [0, 0.1) is 11.8 Å². The molecule has 1 aliphatic heterocycles. The first-order chi connectivity index (χ1) is 7.84. The summed E-state index contributed by atoms with van der Waals surface area (Å²) in [6, 6.07) is -0.269. The van der Waals surface area contributed by atoms with E-state index in [0.717, 1.165) is 12.8 Å². The standard InChI is InChI=1S/C13H22N2O2/c1-8(2)7-15-11(16)10(9-5-6-9)14-12(17)13(15,3)4/h8-10H,5-7H2,1-4H3,(H,14,17). The molecule has 2 amide bonds. The van der Waals surface area contributed by atoms with Crippen molar-refractivity contribution < 1.29 is 9.59 Å². The number of carbonyl (C=O) groups excluding carboxylic acids is 2. The van der Waals surface area contributed by atoms with Gasteiger partial charge in [-0.3, -0.25) is 9.59 Å². The minimum absolute atomic E-state index is 0.0188. The molecule has 17 heavy (non-hydrogen) atoms. The van der Waals surface area contributed by atoms with Gasteiger partial charge in [0.1, 0.15) is 11.6 Å². The number of nitrogens with one attached hydrogen (secondary N) is 1. The SMILES string of the molecule is CC(C)CN1C(=O)C(C2CC2)NC(=O)C1(C)C. The van der Waals surface area contributed by atoms with Crippen LogP contribution in [0.3, 0.4) is 0 Å². The lowest BCUT2D eigenvalue weighted by molar-refractivity contribution is -0.156. The molecule has 0 radical (unpaired) electrons. The van der Waals surface area contributed by atoms with Crippen molar-refractivity contribution >= 4 is 11.8 Å². The molecule has 4 heteroatoms. The topological polar surface area (TPSA) is 49.4 Å². The molecule has 1 atom stereocenters. The van der Waals surface area contributed by atoms with Gasteiger partial charge in [0.25, 0.3) is 0 Å². The molecule has 0 aromatic heterocycles. The van der Waals surface area contributed by atoms with Crippen molar-refractivity contribution in [2.45, 2.75) is 52.1 Å². The van der Waals surface area contributed by atoms with Crippen LogP contribution < -0.4 is 5.32 Å². The quantitative estimate of drug-likeness (QED) is 0.802. The van der Waals surface area contributed by atoms with Gasteiger partial charge in [-0.2, -0.15) is 0 Å². The molecular formula is C13H22N2O2. The second-order valence-corrected chi connectivity index (χ2v) is 6.19. The predicted octanol–water partition coefficient (Wildman–Crippen LogP) is 1.16. The lowest BCUT2D eigenvalue weighted by atomic mass is 9.93. The van der Waals surface area contributed by atoms with E-state index in [4.69, 9.17) is 0 Å². The van der Waals surface area contributed by atoms with Crippen LogP contribution in [0.5, 0.6) is 0 Å². The molecule has 2 rings (SSSR count). The Morgan fingerprint density at radius 1 is 1.35 bits per heavy atom. The maximum absolute atomic E-state index is 12.4. The van der Waals surface area contributed by atoms with Gasteiger partial charge in [-0.25, -0.2) is 0 Å². The number of amides is 2. The summed E-state index contributed by atoms with van der Waals surface area (Å²) in [7, 11) is 0. The Morgan fingerprint density at radius 2 is 1.94 bits per heavy atom. The van der Waals surface area contributed by atoms with Gasteiger partial charge in [-0.15, -0.1) is 0 Å². The molecule has 0 aromatic rings. The fraction of sp³-hybridized carbons (Fsp3) is 0.846. The Kier molecular flexibility index (Phi) is 2.92. The second kappa shape index (κ2) is 4.00. The summed E-state index contributed by atoms with van der Waals surface area (Å²) in [5.41, 5.74) is -0.716. The number of hydrogen-bond donors (Lipinski definition) is 1. The van der Waals surface area contributed by atoms with Crippen molar-refractivity contribution in [1.82, 2.24) is 10.2 Å². The molecule has 1 N–H and O–H groups in total. The summed E-state index contributed by atoms with van der Waals surface area (Å²) >= 11 is 0. The second-order valence-electron chi connectivity index (χ2n) is 6.19. The highest BCUT2D eigenvalue weighted by molar-refractivity contribution is 5.99. The molecular weight excluding hydrogens is 216 g/mol. The van der Waals surface area contributed by atoms with Gasteiger partial charge in [0.2, 0.25) is 11.8 Å². The third kappa shape index (κ3) is 2.17. The Bertz CT molecular complexity index is 345. The molecule has 1 aliphatic carbocycles. The highest BCUT2D eigenvalue weighted by Crippen LogP contribution is 2.36. The van der Waals surface area contributed by atoms with Gasteiger partial charge in [0.15, 0.2) is 0 Å². The van der Waals surface area contributed by atoms with Crippen molar-refractivity contribution in [3.63, 3.8) is 0 Å². The van der Waals surface area contributed by atoms with Crippen molar-refractivity contribution in [2.24, 2.45) is 11.8 Å². The van der Waals surface area contributed by atoms with E-state index in [1.165, 1.54) is 0 Å². The van der Waals surface area contributed by atoms with Crippen molar-refractivity contribution in [1.29, 1.82) is 0 Å². The smallest absolute Gasteiger partial charge is 0.246 e. The average Bonchev–Trinajstić information content (AvgIpc) is 3.02. The van der Waals surface area contributed by atoms with Gasteiger partial charge >= 0.3 is 0 Å². The van der Waals surface area contributed by atoms with Crippen molar-refractivity contribution in [2.75, 3.05) is 6.54 Å². The first-order valence-corrected chi connectivity index (χ1v) is 6.46. The largest absolute Gasteiger partial charge is 0.342 e. The molecule has 1 saturated heterocycles. The van der Waals surface area contributed by atoms with Crippen LogP contribution in [0.4, 0.5) is 0 Å². The Balaban J connectivity index is 2.22. The normalized spacial score (nSPS) is 28.5. The van der Waals surface area contributed by atoms with E-state index in [1.807, 2.05) is 13.8 Å². The predicted molar refractivity (Wildman–Crippen MR) is 65.3 cm³/mol. The molecule has 1 unspecified atom stereocenters. The fourth-order valence-electron chi connectivity index (χ4n) is 2.38. The molecule has 1 heterocycles. The monoisotopic (exact) mass is 238 g/mol. The molecule has 1 saturated carbocycles. The van der Waals surface area contributed by atoms with E-state index >= 15 is 0 Å². The Morgan fingerprint density at radius 3 is 2.41 bits per heavy atom. The zero-order valence-corrected chi connectivity index (χ0v) is 11.1. The molecule has 2 aliphatic rings. The third-order valence-electron chi connectivity index (χ3n) is 3.69. The number of rotatable bonds is 3. The third-order valence-corrected chi connectivity index (χ3v) is 3.69. The van der Waals surface area contributed by atoms with E-state index in [2.05, 4.69) is 19.2 Å². The lowest BCUT2D eigenvalue weighted by Gasteiger charge is -2.45. The van der Waals surface area contributed by atoms with Crippen LogP contribution in [0.2, 0.25) is 0 Å².